The summed E-state index contributed by atoms with van der Waals surface area (Å²) in [7, 11) is 2.89. The SMILES string of the molecule is COc1cccc(NC(=O)Nc2ccc(-c3ncnc4[nH]cc(C)c34)cc2C(F)(F)F)c1.COc1ccccc1NC(=O)Nc1ccc(-c2ncnc3[nH]cc(C)c23)cc1C(F)(F)F.Cc1c[nH]c2ncnc(-c3ccc(NC(=O)Nc4ccc(CO)cc4)c(C(F)(F)F)c3)c12.Cc1c[nH]c2ncnc(-c3ccc(NC(=O)Nc4cccc(F)c4)c(C(F)(F)F)c3)c12. The summed E-state index contributed by atoms with van der Waals surface area (Å²) in [5, 5.41) is 30.3. The molecule has 27 nitrogen and oxygen atoms in total. The molecular formula is C87H69F13N20O7. The molecule has 0 aliphatic carbocycles. The van der Waals surface area contributed by atoms with Gasteiger partial charge in [-0.25, -0.2) is 63.4 Å². The lowest BCUT2D eigenvalue weighted by Crippen LogP contribution is -2.22. The summed E-state index contributed by atoms with van der Waals surface area (Å²) < 4.78 is 189. The number of urea groups is 4. The van der Waals surface area contributed by atoms with Crippen LogP contribution in [0.25, 0.3) is 89.2 Å². The number of halogens is 13. The van der Waals surface area contributed by atoms with E-state index in [1.54, 1.807) is 105 Å². The third-order valence-corrected chi connectivity index (χ3v) is 19.2. The fourth-order valence-corrected chi connectivity index (χ4v) is 13.3. The van der Waals surface area contributed by atoms with Gasteiger partial charge in [-0.1, -0.05) is 60.7 Å². The molecule has 0 aliphatic heterocycles. The Balaban J connectivity index is 0.000000145. The van der Waals surface area contributed by atoms with E-state index in [2.05, 4.69) is 102 Å². The molecule has 0 unspecified atom stereocenters. The number of para-hydroxylation sites is 2. The predicted molar refractivity (Wildman–Crippen MR) is 452 cm³/mol. The van der Waals surface area contributed by atoms with Crippen LogP contribution in [0, 0.1) is 33.5 Å². The molecule has 8 aromatic carbocycles. The molecule has 16 rings (SSSR count). The summed E-state index contributed by atoms with van der Waals surface area (Å²) in [6.07, 6.45) is -6.91. The first-order chi connectivity index (χ1) is 60.5. The van der Waals surface area contributed by atoms with E-state index in [0.29, 0.717) is 101 Å². The highest BCUT2D eigenvalue weighted by Crippen LogP contribution is 2.45. The quantitative estimate of drug-likeness (QED) is 0.0424. The zero-order valence-corrected chi connectivity index (χ0v) is 66.9. The van der Waals surface area contributed by atoms with Crippen LogP contribution in [0.5, 0.6) is 11.5 Å². The molecule has 0 saturated carbocycles. The summed E-state index contributed by atoms with van der Waals surface area (Å²) in [5.74, 6) is 0.289. The number of hydrogen-bond donors (Lipinski definition) is 13. The number of aromatic amines is 4. The number of carbonyl (C=O) groups is 4. The third kappa shape index (κ3) is 21.0. The van der Waals surface area contributed by atoms with Crippen LogP contribution in [0.3, 0.4) is 0 Å². The highest BCUT2D eigenvalue weighted by atomic mass is 19.4. The number of H-pyrrole nitrogens is 4. The van der Waals surface area contributed by atoms with Crippen molar-refractivity contribution in [3.63, 3.8) is 0 Å². The van der Waals surface area contributed by atoms with Crippen molar-refractivity contribution in [3.8, 4) is 56.5 Å². The van der Waals surface area contributed by atoms with E-state index in [1.807, 2.05) is 20.8 Å². The molecule has 40 heteroatoms. The summed E-state index contributed by atoms with van der Waals surface area (Å²) in [6.45, 7) is 7.07. The number of benzene rings is 8. The average Bonchev–Trinajstić information content (AvgIpc) is 1.71. The Bertz CT molecular complexity index is 6770. The maximum Gasteiger partial charge on any atom is 0.418 e. The van der Waals surface area contributed by atoms with E-state index in [1.165, 1.54) is 100 Å². The first-order valence-corrected chi connectivity index (χ1v) is 37.6. The van der Waals surface area contributed by atoms with Crippen LogP contribution in [0.15, 0.2) is 220 Å². The third-order valence-electron chi connectivity index (χ3n) is 19.2. The van der Waals surface area contributed by atoms with Crippen molar-refractivity contribution in [1.82, 2.24) is 59.8 Å². The minimum atomic E-state index is -4.74. The van der Waals surface area contributed by atoms with E-state index in [9.17, 15) is 76.3 Å². The van der Waals surface area contributed by atoms with Crippen molar-refractivity contribution >= 4 is 114 Å². The fourth-order valence-electron chi connectivity index (χ4n) is 13.3. The van der Waals surface area contributed by atoms with Gasteiger partial charge in [0.15, 0.2) is 0 Å². The van der Waals surface area contributed by atoms with Gasteiger partial charge in [0.1, 0.15) is 65.2 Å². The van der Waals surface area contributed by atoms with Gasteiger partial charge in [-0.05, 0) is 159 Å². The minimum absolute atomic E-state index is 0.106. The van der Waals surface area contributed by atoms with Gasteiger partial charge in [0.25, 0.3) is 0 Å². The van der Waals surface area contributed by atoms with Crippen LogP contribution in [0.4, 0.5) is 122 Å². The second kappa shape index (κ2) is 37.4. The van der Waals surface area contributed by atoms with E-state index in [-0.39, 0.29) is 51.6 Å². The highest BCUT2D eigenvalue weighted by molar-refractivity contribution is 6.05. The molecule has 127 heavy (non-hydrogen) atoms. The number of nitrogens with zero attached hydrogens (tertiary/aromatic N) is 8. The number of aryl methyl sites for hydroxylation is 4. The molecule has 650 valence electrons. The molecule has 16 aromatic rings. The highest BCUT2D eigenvalue weighted by Gasteiger charge is 2.39. The van der Waals surface area contributed by atoms with Gasteiger partial charge in [-0.2, -0.15) is 52.7 Å². The number of nitrogens with one attached hydrogen (secondary N) is 12. The number of aromatic nitrogens is 12. The van der Waals surface area contributed by atoms with Crippen molar-refractivity contribution in [1.29, 1.82) is 0 Å². The van der Waals surface area contributed by atoms with Crippen molar-refractivity contribution in [2.75, 3.05) is 56.8 Å². The summed E-state index contributed by atoms with van der Waals surface area (Å²) in [5.41, 5.74) is 3.90. The number of fused-ring (bicyclic) bond motifs is 4. The van der Waals surface area contributed by atoms with Gasteiger partial charge in [-0.15, -0.1) is 0 Å². The largest absolute Gasteiger partial charge is 0.497 e. The molecule has 0 saturated heterocycles. The summed E-state index contributed by atoms with van der Waals surface area (Å²) in [4.78, 5) is 94.1. The van der Waals surface area contributed by atoms with Gasteiger partial charge >= 0.3 is 48.8 Å². The van der Waals surface area contributed by atoms with Crippen LogP contribution in [0.2, 0.25) is 0 Å². The summed E-state index contributed by atoms with van der Waals surface area (Å²) in [6, 6.07) is 35.3. The van der Waals surface area contributed by atoms with E-state index >= 15 is 0 Å². The van der Waals surface area contributed by atoms with Gasteiger partial charge in [-0.3, -0.25) is 0 Å². The number of methoxy groups -OCH3 is 2. The van der Waals surface area contributed by atoms with Crippen LogP contribution in [0.1, 0.15) is 50.1 Å². The monoisotopic (exact) mass is 1750 g/mol. The van der Waals surface area contributed by atoms with E-state index < -0.39 is 82.6 Å². The standard InChI is InChI=1S/3C22H18F3N5O2.C21H15F4N5O/c1-12-9-26-20-18(12)19(27-11-28-20)14-4-7-17(16(8-14)22(23,24)25)30-21(32)29-15-5-2-13(10-31)3-6-15;1-12-10-26-20-18(12)19(27-11-28-20)13-6-7-17(16(8-13)22(23,24)25)30-21(31)29-14-4-3-5-15(9-14)32-2;1-12-10-26-20-18(12)19(27-11-28-20)13-7-8-15(14(9-13)22(23,24)25)29-21(31)30-16-5-3-4-6-17(16)32-2;1-11-9-26-19-17(11)18(27-10-28-19)12-5-6-16(15(7-12)21(23,24)25)30-20(31)29-14-4-2-3-13(22)8-14/h2-9,11,31H,10H2,1H3,(H,26,27,28)(H2,29,30,32);2*3-11H,1-2H3,(H,26,27,28)(H2,29,30,31);2-10H,1H3,(H,26,27,28)(H2,29,30,31). The number of aliphatic hydroxyl groups excluding tert-OH is 1. The van der Waals surface area contributed by atoms with Crippen molar-refractivity contribution in [2.45, 2.75) is 59.0 Å². The van der Waals surface area contributed by atoms with Crippen molar-refractivity contribution in [2.24, 2.45) is 0 Å². The molecule has 0 radical (unpaired) electrons. The number of amides is 8. The van der Waals surface area contributed by atoms with Crippen LogP contribution in [-0.2, 0) is 31.3 Å². The molecule has 0 atom stereocenters. The van der Waals surface area contributed by atoms with Crippen LogP contribution < -0.4 is 52.0 Å². The Labute approximate surface area is 709 Å². The predicted octanol–water partition coefficient (Wildman–Crippen LogP) is 22.0. The second-order valence-electron chi connectivity index (χ2n) is 27.8. The normalized spacial score (nSPS) is 11.5. The van der Waals surface area contributed by atoms with E-state index in [4.69, 9.17) is 14.6 Å². The lowest BCUT2D eigenvalue weighted by atomic mass is 10.0. The Kier molecular flexibility index (Phi) is 26.1. The molecule has 8 amide bonds. The first kappa shape index (κ1) is 88.7. The molecule has 0 bridgehead atoms. The molecule has 0 fully saturated rings. The lowest BCUT2D eigenvalue weighted by molar-refractivity contribution is -0.137. The Hall–Kier alpha value is -16.0. The number of ether oxygens (including phenoxy) is 2. The molecule has 0 aliphatic rings. The molecule has 8 heterocycles. The Morgan fingerprint density at radius 3 is 0.976 bits per heavy atom. The average molecular weight is 1750 g/mol. The fraction of sp³-hybridized carbons (Fsp3) is 0.126. The smallest absolute Gasteiger partial charge is 0.418 e. The number of anilines is 8. The molecular weight excluding hydrogens is 1680 g/mol. The Morgan fingerprint density at radius 2 is 0.654 bits per heavy atom. The number of hydrogen-bond acceptors (Lipinski definition) is 15. The lowest BCUT2D eigenvalue weighted by Gasteiger charge is -2.16. The van der Waals surface area contributed by atoms with Crippen molar-refractivity contribution in [3.05, 3.63) is 276 Å². The van der Waals surface area contributed by atoms with Gasteiger partial charge < -0.3 is 77.1 Å². The maximum absolute atomic E-state index is 13.8. The number of aliphatic hydroxyl groups is 1. The van der Waals surface area contributed by atoms with Gasteiger partial charge in [0.2, 0.25) is 0 Å². The van der Waals surface area contributed by atoms with Crippen molar-refractivity contribution < 1.29 is 90.8 Å². The topological polar surface area (TPSA) is 369 Å². The molecule has 0 spiro atoms. The Morgan fingerprint density at radius 1 is 0.339 bits per heavy atom. The summed E-state index contributed by atoms with van der Waals surface area (Å²) >= 11 is 0. The van der Waals surface area contributed by atoms with Crippen LogP contribution in [-0.4, -0.2) is 103 Å². The number of alkyl halides is 12. The maximum atomic E-state index is 13.8. The minimum Gasteiger partial charge on any atom is -0.497 e. The van der Waals surface area contributed by atoms with Crippen LogP contribution >= 0.6 is 0 Å². The van der Waals surface area contributed by atoms with E-state index in [0.717, 1.165) is 58.7 Å². The second-order valence-corrected chi connectivity index (χ2v) is 27.8. The molecule has 13 N–H and O–H groups in total. The van der Waals surface area contributed by atoms with Gasteiger partial charge in [0, 0.05) is 91.7 Å². The first-order valence-electron chi connectivity index (χ1n) is 37.6. The zero-order chi connectivity index (χ0) is 90.8. The van der Waals surface area contributed by atoms with Gasteiger partial charge in [0.05, 0.1) is 94.3 Å². The number of rotatable bonds is 15. The molecule has 8 aromatic heterocycles. The number of carbonyl (C=O) groups excluding carboxylic acids is 4. The zero-order valence-electron chi connectivity index (χ0n) is 66.9.